The van der Waals surface area contributed by atoms with E-state index in [0.717, 1.165) is 10.6 Å². The van der Waals surface area contributed by atoms with E-state index in [1.807, 2.05) is 0 Å². The van der Waals surface area contributed by atoms with E-state index in [2.05, 4.69) is 9.72 Å². The van der Waals surface area contributed by atoms with E-state index in [0.29, 0.717) is 11.1 Å². The third-order valence-corrected chi connectivity index (χ3v) is 3.48. The van der Waals surface area contributed by atoms with Crippen LogP contribution in [0.15, 0.2) is 26.3 Å². The van der Waals surface area contributed by atoms with Crippen molar-refractivity contribution in [3.8, 4) is 5.88 Å². The Hall–Kier alpha value is -2.65. The highest BCUT2D eigenvalue weighted by Gasteiger charge is 2.23. The SMILES string of the molecule is COC(=O)Cc1oc(-n2ccc(=O)[nH]c2=O)c(CCO)c1CCO. The highest BCUT2D eigenvalue weighted by molar-refractivity contribution is 5.72. The summed E-state index contributed by atoms with van der Waals surface area (Å²) >= 11 is 0. The van der Waals surface area contributed by atoms with Crippen LogP contribution in [0.2, 0.25) is 0 Å². The minimum atomic E-state index is -0.712. The van der Waals surface area contributed by atoms with Crippen LogP contribution in [-0.2, 0) is 28.8 Å². The number of aromatic nitrogens is 2. The van der Waals surface area contributed by atoms with Gasteiger partial charge in [0.25, 0.3) is 5.56 Å². The Morgan fingerprint density at radius 3 is 2.50 bits per heavy atom. The number of rotatable bonds is 7. The minimum absolute atomic E-state index is 0.0904. The van der Waals surface area contributed by atoms with E-state index in [1.54, 1.807) is 0 Å². The predicted molar refractivity (Wildman–Crippen MR) is 82.2 cm³/mol. The second-order valence-corrected chi connectivity index (χ2v) is 4.97. The molecule has 0 saturated heterocycles. The van der Waals surface area contributed by atoms with E-state index in [1.165, 1.54) is 13.3 Å². The average molecular weight is 338 g/mol. The van der Waals surface area contributed by atoms with Gasteiger partial charge < -0.3 is 19.4 Å². The first-order chi connectivity index (χ1) is 11.5. The summed E-state index contributed by atoms with van der Waals surface area (Å²) in [5.74, 6) is -0.209. The normalized spacial score (nSPS) is 10.8. The summed E-state index contributed by atoms with van der Waals surface area (Å²) in [4.78, 5) is 36.9. The van der Waals surface area contributed by atoms with Crippen LogP contribution in [0.5, 0.6) is 0 Å². The Morgan fingerprint density at radius 1 is 1.25 bits per heavy atom. The molecule has 0 atom stereocenters. The Balaban J connectivity index is 2.64. The summed E-state index contributed by atoms with van der Waals surface area (Å²) in [5, 5.41) is 18.6. The fourth-order valence-electron chi connectivity index (χ4n) is 2.43. The zero-order valence-corrected chi connectivity index (χ0v) is 13.1. The molecule has 0 amide bonds. The Kier molecular flexibility index (Phi) is 5.72. The number of aliphatic hydroxyl groups is 2. The monoisotopic (exact) mass is 338 g/mol. The second kappa shape index (κ2) is 7.75. The fraction of sp³-hybridized carbons (Fsp3) is 0.400. The molecule has 130 valence electrons. The number of hydrogen-bond donors (Lipinski definition) is 3. The van der Waals surface area contributed by atoms with Crippen LogP contribution >= 0.6 is 0 Å². The summed E-state index contributed by atoms with van der Waals surface area (Å²) in [6, 6.07) is 1.15. The van der Waals surface area contributed by atoms with Crippen molar-refractivity contribution in [2.45, 2.75) is 19.3 Å². The van der Waals surface area contributed by atoms with Crippen LogP contribution in [0.3, 0.4) is 0 Å². The number of aromatic amines is 1. The first kappa shape index (κ1) is 17.7. The van der Waals surface area contributed by atoms with Gasteiger partial charge in [0.05, 0.1) is 7.11 Å². The Bertz CT molecular complexity index is 831. The number of furan rings is 1. The van der Waals surface area contributed by atoms with Crippen molar-refractivity contribution in [2.24, 2.45) is 0 Å². The summed E-state index contributed by atoms with van der Waals surface area (Å²) in [6.45, 7) is -0.424. The highest BCUT2D eigenvalue weighted by atomic mass is 16.5. The first-order valence-corrected chi connectivity index (χ1v) is 7.26. The van der Waals surface area contributed by atoms with Gasteiger partial charge in [-0.2, -0.15) is 0 Å². The first-order valence-electron chi connectivity index (χ1n) is 7.26. The van der Waals surface area contributed by atoms with Gasteiger partial charge in [0.2, 0.25) is 5.88 Å². The van der Waals surface area contributed by atoms with Gasteiger partial charge in [-0.3, -0.25) is 14.6 Å². The molecule has 2 heterocycles. The van der Waals surface area contributed by atoms with Crippen LogP contribution < -0.4 is 11.2 Å². The number of nitrogens with one attached hydrogen (secondary N) is 1. The molecule has 0 unspecified atom stereocenters. The molecule has 0 aliphatic heterocycles. The molecule has 0 aromatic carbocycles. The highest BCUT2D eigenvalue weighted by Crippen LogP contribution is 2.27. The molecule has 2 rings (SSSR count). The van der Waals surface area contributed by atoms with Gasteiger partial charge in [-0.1, -0.05) is 0 Å². The maximum atomic E-state index is 12.0. The Labute approximate surface area is 136 Å². The van der Waals surface area contributed by atoms with Gasteiger partial charge in [0.1, 0.15) is 12.2 Å². The maximum Gasteiger partial charge on any atom is 0.335 e. The largest absolute Gasteiger partial charge is 0.469 e. The molecule has 24 heavy (non-hydrogen) atoms. The lowest BCUT2D eigenvalue weighted by Gasteiger charge is -2.05. The lowest BCUT2D eigenvalue weighted by Crippen LogP contribution is -2.27. The zero-order chi connectivity index (χ0) is 17.7. The topological polar surface area (TPSA) is 135 Å². The van der Waals surface area contributed by atoms with Gasteiger partial charge in [-0.15, -0.1) is 0 Å². The molecule has 9 heteroatoms. The van der Waals surface area contributed by atoms with Crippen molar-refractivity contribution in [2.75, 3.05) is 20.3 Å². The quantitative estimate of drug-likeness (QED) is 0.546. The molecule has 9 nitrogen and oxygen atoms in total. The van der Waals surface area contributed by atoms with Gasteiger partial charge in [-0.05, 0) is 6.42 Å². The van der Waals surface area contributed by atoms with Crippen molar-refractivity contribution >= 4 is 5.97 Å². The standard InChI is InChI=1S/C15H18N2O7/c1-23-13(21)8-11-9(3-6-18)10(4-7-19)14(24-11)17-5-2-12(20)16-15(17)22/h2,5,18-19H,3-4,6-8H2,1H3,(H,16,20,22). The van der Waals surface area contributed by atoms with Crippen molar-refractivity contribution in [3.05, 3.63) is 50.0 Å². The second-order valence-electron chi connectivity index (χ2n) is 4.97. The summed E-state index contributed by atoms with van der Waals surface area (Å²) in [6.07, 6.45) is 1.40. The number of carbonyl (C=O) groups excluding carboxylic acids is 1. The van der Waals surface area contributed by atoms with Crippen LogP contribution in [0.1, 0.15) is 16.9 Å². The zero-order valence-electron chi connectivity index (χ0n) is 13.1. The predicted octanol–water partition coefficient (Wildman–Crippen LogP) is -1.10. The van der Waals surface area contributed by atoms with Gasteiger partial charge >= 0.3 is 11.7 Å². The Morgan fingerprint density at radius 2 is 1.92 bits per heavy atom. The molecule has 0 aliphatic carbocycles. The molecule has 0 fully saturated rings. The van der Waals surface area contributed by atoms with Crippen molar-refractivity contribution < 1.29 is 24.2 Å². The molecule has 2 aromatic rings. The average Bonchev–Trinajstić information content (AvgIpc) is 2.86. The van der Waals surface area contributed by atoms with Crippen molar-refractivity contribution in [3.63, 3.8) is 0 Å². The van der Waals surface area contributed by atoms with Crippen molar-refractivity contribution in [1.82, 2.24) is 9.55 Å². The number of aliphatic hydroxyl groups excluding tert-OH is 2. The third-order valence-electron chi connectivity index (χ3n) is 3.48. The van der Waals surface area contributed by atoms with Gasteiger partial charge in [0, 0.05) is 43.0 Å². The number of methoxy groups -OCH3 is 1. The van der Waals surface area contributed by atoms with E-state index in [9.17, 15) is 24.6 Å². The summed E-state index contributed by atoms with van der Waals surface area (Å²) < 4.78 is 11.3. The number of nitrogens with zero attached hydrogens (tertiary/aromatic N) is 1. The van der Waals surface area contributed by atoms with Gasteiger partial charge in [-0.25, -0.2) is 9.36 Å². The molecule has 0 bridgehead atoms. The number of hydrogen-bond acceptors (Lipinski definition) is 7. The maximum absolute atomic E-state index is 12.0. The molecular formula is C15H18N2O7. The molecule has 3 N–H and O–H groups in total. The molecular weight excluding hydrogens is 320 g/mol. The minimum Gasteiger partial charge on any atom is -0.469 e. The molecule has 2 aromatic heterocycles. The number of esters is 1. The van der Waals surface area contributed by atoms with E-state index in [4.69, 9.17) is 4.42 Å². The van der Waals surface area contributed by atoms with Gasteiger partial charge in [0.15, 0.2) is 0 Å². The summed E-state index contributed by atoms with van der Waals surface area (Å²) in [5.41, 5.74) is -0.253. The van der Waals surface area contributed by atoms with E-state index < -0.39 is 17.2 Å². The lowest BCUT2D eigenvalue weighted by molar-refractivity contribution is -0.140. The third kappa shape index (κ3) is 3.63. The number of H-pyrrole nitrogens is 1. The van der Waals surface area contributed by atoms with Crippen LogP contribution in [0.4, 0.5) is 0 Å². The van der Waals surface area contributed by atoms with Crippen LogP contribution in [0, 0.1) is 0 Å². The fourth-order valence-corrected chi connectivity index (χ4v) is 2.43. The van der Waals surface area contributed by atoms with E-state index >= 15 is 0 Å². The number of carbonyl (C=O) groups is 1. The molecule has 0 aliphatic rings. The van der Waals surface area contributed by atoms with Crippen LogP contribution in [-0.4, -0.2) is 46.1 Å². The lowest BCUT2D eigenvalue weighted by atomic mass is 10.0. The molecule has 0 spiro atoms. The van der Waals surface area contributed by atoms with Crippen LogP contribution in [0.25, 0.3) is 5.88 Å². The van der Waals surface area contributed by atoms with E-state index in [-0.39, 0.29) is 44.1 Å². The van der Waals surface area contributed by atoms with Crippen molar-refractivity contribution in [1.29, 1.82) is 0 Å². The number of ether oxygens (including phenoxy) is 1. The smallest absolute Gasteiger partial charge is 0.335 e. The summed E-state index contributed by atoms with van der Waals surface area (Å²) in [7, 11) is 1.24. The molecule has 0 saturated carbocycles. The molecule has 0 radical (unpaired) electrons.